The summed E-state index contributed by atoms with van der Waals surface area (Å²) in [4.78, 5) is 2.25. The normalized spacial score (nSPS) is 26.0. The van der Waals surface area contributed by atoms with Crippen LogP contribution in [-0.2, 0) is 0 Å². The molecule has 0 radical (unpaired) electrons. The van der Waals surface area contributed by atoms with E-state index >= 15 is 0 Å². The van der Waals surface area contributed by atoms with Crippen LogP contribution in [0.2, 0.25) is 0 Å². The third-order valence-corrected chi connectivity index (χ3v) is 3.60. The highest BCUT2D eigenvalue weighted by molar-refractivity contribution is 7.10. The lowest BCUT2D eigenvalue weighted by Crippen LogP contribution is -2.19. The minimum absolute atomic E-state index is 0.635. The average molecular weight is 197 g/mol. The lowest BCUT2D eigenvalue weighted by atomic mass is 10.3. The smallest absolute Gasteiger partial charge is 0.139 e. The minimum Gasteiger partial charge on any atom is -0.383 e. The average Bonchev–Trinajstić information content (AvgIpc) is 2.62. The van der Waals surface area contributed by atoms with Crippen LogP contribution < -0.4 is 10.6 Å². The van der Waals surface area contributed by atoms with Gasteiger partial charge in [-0.05, 0) is 29.8 Å². The lowest BCUT2D eigenvalue weighted by Gasteiger charge is -2.15. The molecule has 2 atom stereocenters. The van der Waals surface area contributed by atoms with Crippen molar-refractivity contribution >= 4 is 22.4 Å². The van der Waals surface area contributed by atoms with Crippen LogP contribution in [0.1, 0.15) is 13.3 Å². The molecule has 0 amide bonds. The first-order valence-corrected chi connectivity index (χ1v) is 5.37. The number of hydrogen-bond donors (Lipinski definition) is 1. The zero-order valence-corrected chi connectivity index (χ0v) is 8.84. The van der Waals surface area contributed by atoms with Crippen LogP contribution in [0.4, 0.5) is 10.8 Å². The Balaban J connectivity index is 1.93. The highest BCUT2D eigenvalue weighted by Crippen LogP contribution is 2.39. The molecule has 0 aromatic carbocycles. The van der Waals surface area contributed by atoms with Crippen molar-refractivity contribution in [3.8, 4) is 0 Å². The van der Waals surface area contributed by atoms with Gasteiger partial charge in [0.2, 0.25) is 0 Å². The number of rotatable bonds is 3. The summed E-state index contributed by atoms with van der Waals surface area (Å²) in [7, 11) is 2.11. The van der Waals surface area contributed by atoms with Crippen LogP contribution in [0.3, 0.4) is 0 Å². The summed E-state index contributed by atoms with van der Waals surface area (Å²) in [6.07, 6.45) is 1.37. The van der Waals surface area contributed by atoms with Gasteiger partial charge in [-0.1, -0.05) is 6.92 Å². The molecule has 1 saturated carbocycles. The zero-order valence-electron chi connectivity index (χ0n) is 8.03. The summed E-state index contributed by atoms with van der Waals surface area (Å²) in [5.74, 6) is 2.43. The van der Waals surface area contributed by atoms with E-state index in [1.165, 1.54) is 23.0 Å². The van der Waals surface area contributed by atoms with Gasteiger partial charge in [-0.15, -0.1) is 0 Å². The second-order valence-electron chi connectivity index (χ2n) is 3.94. The molecular weight excluding hydrogens is 182 g/mol. The van der Waals surface area contributed by atoms with E-state index in [0.717, 1.165) is 18.4 Å². The molecule has 1 aliphatic carbocycles. The van der Waals surface area contributed by atoms with Gasteiger partial charge in [0.15, 0.2) is 0 Å². The van der Waals surface area contributed by atoms with E-state index in [1.54, 1.807) is 0 Å². The molecule has 0 bridgehead atoms. The van der Waals surface area contributed by atoms with E-state index < -0.39 is 0 Å². The van der Waals surface area contributed by atoms with Crippen LogP contribution in [0.25, 0.3) is 0 Å². The molecule has 1 aromatic rings. The van der Waals surface area contributed by atoms with Gasteiger partial charge >= 0.3 is 0 Å². The number of nitrogen functional groups attached to an aromatic ring is 1. The fourth-order valence-corrected chi connectivity index (χ4v) is 2.19. The number of anilines is 2. The minimum atomic E-state index is 0.635. The van der Waals surface area contributed by atoms with Crippen LogP contribution >= 0.6 is 11.5 Å². The van der Waals surface area contributed by atoms with Gasteiger partial charge in [0, 0.05) is 19.7 Å². The van der Waals surface area contributed by atoms with E-state index in [-0.39, 0.29) is 0 Å². The predicted molar refractivity (Wildman–Crippen MR) is 57.1 cm³/mol. The van der Waals surface area contributed by atoms with Gasteiger partial charge in [-0.25, -0.2) is 0 Å². The van der Waals surface area contributed by atoms with E-state index in [2.05, 4.69) is 23.2 Å². The fraction of sp³-hybridized carbons (Fsp3) is 0.667. The maximum Gasteiger partial charge on any atom is 0.139 e. The van der Waals surface area contributed by atoms with E-state index in [4.69, 9.17) is 5.73 Å². The second kappa shape index (κ2) is 3.18. The van der Waals surface area contributed by atoms with Crippen molar-refractivity contribution in [3.63, 3.8) is 0 Å². The summed E-state index contributed by atoms with van der Waals surface area (Å²) < 4.78 is 4.06. The van der Waals surface area contributed by atoms with E-state index in [0.29, 0.717) is 5.82 Å². The van der Waals surface area contributed by atoms with Crippen molar-refractivity contribution in [2.45, 2.75) is 13.3 Å². The van der Waals surface area contributed by atoms with E-state index in [1.807, 2.05) is 6.07 Å². The lowest BCUT2D eigenvalue weighted by molar-refractivity contribution is 0.729. The highest BCUT2D eigenvalue weighted by Gasteiger charge is 2.33. The van der Waals surface area contributed by atoms with Crippen LogP contribution in [0.5, 0.6) is 0 Å². The van der Waals surface area contributed by atoms with Crippen molar-refractivity contribution < 1.29 is 0 Å². The number of aromatic nitrogens is 1. The molecule has 2 N–H and O–H groups in total. The Morgan fingerprint density at radius 2 is 2.46 bits per heavy atom. The molecule has 2 unspecified atom stereocenters. The zero-order chi connectivity index (χ0) is 9.42. The predicted octanol–water partition coefficient (Wildman–Crippen LogP) is 1.82. The molecule has 1 fully saturated rings. The molecule has 13 heavy (non-hydrogen) atoms. The second-order valence-corrected chi connectivity index (χ2v) is 4.73. The van der Waals surface area contributed by atoms with Crippen molar-refractivity contribution in [2.75, 3.05) is 24.2 Å². The van der Waals surface area contributed by atoms with Gasteiger partial charge in [-0.2, -0.15) is 4.37 Å². The maximum atomic E-state index is 5.56. The molecule has 2 rings (SSSR count). The SMILES string of the molecule is CC1CC1CN(C)c1cc(N)ns1. The monoisotopic (exact) mass is 197 g/mol. The molecule has 4 heteroatoms. The summed E-state index contributed by atoms with van der Waals surface area (Å²) in [5, 5.41) is 1.18. The Labute approximate surface area is 82.7 Å². The maximum absolute atomic E-state index is 5.56. The van der Waals surface area contributed by atoms with Crippen LogP contribution in [0.15, 0.2) is 6.07 Å². The molecular formula is C9H15N3S. The third-order valence-electron chi connectivity index (χ3n) is 2.68. The number of nitrogens with two attached hydrogens (primary N) is 1. The van der Waals surface area contributed by atoms with E-state index in [9.17, 15) is 0 Å². The van der Waals surface area contributed by atoms with Gasteiger partial charge in [-0.3, -0.25) is 0 Å². The van der Waals surface area contributed by atoms with Crippen molar-refractivity contribution in [1.82, 2.24) is 4.37 Å². The molecule has 1 aromatic heterocycles. The van der Waals surface area contributed by atoms with Gasteiger partial charge in [0.25, 0.3) is 0 Å². The fourth-order valence-electron chi connectivity index (χ4n) is 1.55. The Bertz CT molecular complexity index is 297. The summed E-state index contributed by atoms with van der Waals surface area (Å²) in [6, 6.07) is 1.94. The number of hydrogen-bond acceptors (Lipinski definition) is 4. The Kier molecular flexibility index (Phi) is 2.15. The largest absolute Gasteiger partial charge is 0.383 e. The topological polar surface area (TPSA) is 42.1 Å². The summed E-state index contributed by atoms with van der Waals surface area (Å²) in [6.45, 7) is 3.45. The van der Waals surface area contributed by atoms with Crippen LogP contribution in [-0.4, -0.2) is 18.0 Å². The van der Waals surface area contributed by atoms with Crippen molar-refractivity contribution in [2.24, 2.45) is 11.8 Å². The van der Waals surface area contributed by atoms with Crippen molar-refractivity contribution in [3.05, 3.63) is 6.07 Å². The van der Waals surface area contributed by atoms with Gasteiger partial charge < -0.3 is 10.6 Å². The quantitative estimate of drug-likeness (QED) is 0.803. The first-order valence-electron chi connectivity index (χ1n) is 4.60. The van der Waals surface area contributed by atoms with Gasteiger partial charge in [0.1, 0.15) is 10.8 Å². The molecule has 72 valence electrons. The molecule has 1 aliphatic rings. The third kappa shape index (κ3) is 1.94. The summed E-state index contributed by atoms with van der Waals surface area (Å²) in [5.41, 5.74) is 5.56. The Morgan fingerprint density at radius 1 is 1.77 bits per heavy atom. The first-order chi connectivity index (χ1) is 6.16. The number of nitrogens with zero attached hydrogens (tertiary/aromatic N) is 2. The molecule has 3 nitrogen and oxygen atoms in total. The van der Waals surface area contributed by atoms with Gasteiger partial charge in [0.05, 0.1) is 0 Å². The molecule has 0 saturated heterocycles. The summed E-state index contributed by atoms with van der Waals surface area (Å²) >= 11 is 1.48. The Hall–Kier alpha value is -0.770. The standard InChI is InChI=1S/C9H15N3S/c1-6-3-7(6)5-12(2)9-4-8(10)11-13-9/h4,6-7H,3,5H2,1-2H3,(H2,10,11). The molecule has 1 heterocycles. The Morgan fingerprint density at radius 3 is 2.92 bits per heavy atom. The highest BCUT2D eigenvalue weighted by atomic mass is 32.1. The van der Waals surface area contributed by atoms with Crippen LogP contribution in [0, 0.1) is 11.8 Å². The van der Waals surface area contributed by atoms with Crippen molar-refractivity contribution in [1.29, 1.82) is 0 Å². The molecule has 0 aliphatic heterocycles. The first kappa shape index (κ1) is 8.81. The molecule has 0 spiro atoms.